The van der Waals surface area contributed by atoms with E-state index in [0.717, 1.165) is 75.5 Å². The van der Waals surface area contributed by atoms with E-state index in [4.69, 9.17) is 4.74 Å². The third kappa shape index (κ3) is 10.1. The number of ether oxygens (including phenoxy) is 1. The minimum Gasteiger partial charge on any atom is -0.455 e. The first-order valence-corrected chi connectivity index (χ1v) is 27.0. The number of amides is 1. The molecule has 70 heavy (non-hydrogen) atoms. The predicted octanol–water partition coefficient (Wildman–Crippen LogP) is 9.91. The number of carbonyl (C=O) groups excluding carboxylic acids is 1. The van der Waals surface area contributed by atoms with Crippen molar-refractivity contribution < 1.29 is 28.0 Å². The monoisotopic (exact) mass is 972 g/mol. The second kappa shape index (κ2) is 19.6. The van der Waals surface area contributed by atoms with E-state index in [1.165, 1.54) is 61.8 Å². The molecule has 3 aromatic carbocycles. The number of carbonyl (C=O) groups is 1. The number of sulfonamides is 1. The van der Waals surface area contributed by atoms with Gasteiger partial charge in [-0.15, -0.1) is 0 Å². The maximum absolute atomic E-state index is 14.1. The van der Waals surface area contributed by atoms with Crippen molar-refractivity contribution in [2.75, 3.05) is 49.5 Å². The number of piperidine rings is 1. The quantitative estimate of drug-likeness (QED) is 0.0611. The number of aromatic amines is 1. The average Bonchev–Trinajstić information content (AvgIpc) is 4.06. The maximum atomic E-state index is 14.1. The summed E-state index contributed by atoms with van der Waals surface area (Å²) >= 11 is 0. The molecule has 2 aliphatic heterocycles. The standard InChI is InChI=1S/C54H68N8O7S/c1-36(2)44-10-6-7-11-45(44)49-35-60(39-8-4-5-9-39)26-27-61(49)41-31-54(32-41)21-24-59(25-22-54)40-12-14-46(50(29-40)69-42-28-38-18-23-55-51(38)57-34-42)52(63)58-70(67,68)43-13-15-47(48(30-43)62(65)66)56-33-37-16-19-53(3,64)20-17-37/h6-7,10-15,18,23,28-30,34,36-37,39,41,49,56,64H,4-5,8-9,16-17,19-22,24-27,31-33,35H2,1-3H3,(H,55,57)(H,58,63). The zero-order chi connectivity index (χ0) is 48.8. The van der Waals surface area contributed by atoms with Gasteiger partial charge in [0.05, 0.1) is 27.2 Å². The number of pyridine rings is 1. The van der Waals surface area contributed by atoms with Gasteiger partial charge in [0.15, 0.2) is 0 Å². The Labute approximate surface area is 411 Å². The van der Waals surface area contributed by atoms with E-state index in [9.17, 15) is 28.4 Å². The summed E-state index contributed by atoms with van der Waals surface area (Å²) in [6.45, 7) is 11.9. The Bertz CT molecular complexity index is 2820. The topological polar surface area (TPSA) is 186 Å². The molecule has 0 bridgehead atoms. The van der Waals surface area contributed by atoms with Gasteiger partial charge in [0.1, 0.15) is 22.8 Å². The number of piperazine rings is 1. The van der Waals surface area contributed by atoms with E-state index in [0.29, 0.717) is 54.8 Å². The summed E-state index contributed by atoms with van der Waals surface area (Å²) in [5.74, 6) is 0.263. The zero-order valence-electron chi connectivity index (χ0n) is 40.7. The van der Waals surface area contributed by atoms with Crippen LogP contribution in [0.1, 0.15) is 131 Å². The van der Waals surface area contributed by atoms with Crippen molar-refractivity contribution >= 4 is 44.0 Å². The van der Waals surface area contributed by atoms with Crippen molar-refractivity contribution in [2.24, 2.45) is 11.3 Å². The molecule has 5 fully saturated rings. The zero-order valence-corrected chi connectivity index (χ0v) is 41.6. The van der Waals surface area contributed by atoms with Gasteiger partial charge in [0, 0.05) is 86.8 Å². The first kappa shape index (κ1) is 48.1. The van der Waals surface area contributed by atoms with Crippen LogP contribution in [0.3, 0.4) is 0 Å². The van der Waals surface area contributed by atoms with Crippen LogP contribution in [0.25, 0.3) is 11.0 Å². The van der Waals surface area contributed by atoms with Gasteiger partial charge in [-0.25, -0.2) is 18.1 Å². The lowest BCUT2D eigenvalue weighted by Gasteiger charge is -2.58. The molecule has 1 unspecified atom stereocenters. The molecular formula is C54H68N8O7S. The molecular weight excluding hydrogens is 905 g/mol. The summed E-state index contributed by atoms with van der Waals surface area (Å²) in [6.07, 6.45) is 16.0. The number of H-pyrrole nitrogens is 1. The molecule has 372 valence electrons. The van der Waals surface area contributed by atoms with Crippen LogP contribution in [0.4, 0.5) is 17.1 Å². The Morgan fingerprint density at radius 1 is 0.943 bits per heavy atom. The molecule has 4 N–H and O–H groups in total. The predicted molar refractivity (Wildman–Crippen MR) is 272 cm³/mol. The lowest BCUT2D eigenvalue weighted by atomic mass is 9.59. The molecule has 5 aliphatic rings. The van der Waals surface area contributed by atoms with Crippen LogP contribution in [-0.2, 0) is 10.0 Å². The second-order valence-corrected chi connectivity index (χ2v) is 23.3. The first-order valence-electron chi connectivity index (χ1n) is 25.5. The fourth-order valence-electron chi connectivity index (χ4n) is 12.4. The average molecular weight is 973 g/mol. The van der Waals surface area contributed by atoms with Crippen molar-refractivity contribution in [1.82, 2.24) is 24.5 Å². The summed E-state index contributed by atoms with van der Waals surface area (Å²) in [5.41, 5.74) is 3.81. The Morgan fingerprint density at radius 2 is 1.70 bits per heavy atom. The van der Waals surface area contributed by atoms with Gasteiger partial charge < -0.3 is 25.0 Å². The van der Waals surface area contributed by atoms with Gasteiger partial charge >= 0.3 is 0 Å². The second-order valence-electron chi connectivity index (χ2n) is 21.6. The Balaban J connectivity index is 0.835. The van der Waals surface area contributed by atoms with E-state index >= 15 is 0 Å². The Hall–Kier alpha value is -5.55. The number of nitrogens with one attached hydrogen (secondary N) is 3. The molecule has 2 aromatic heterocycles. The van der Waals surface area contributed by atoms with Gasteiger partial charge in [-0.2, -0.15) is 0 Å². The smallest absolute Gasteiger partial charge is 0.293 e. The lowest BCUT2D eigenvalue weighted by Crippen LogP contribution is -2.60. The van der Waals surface area contributed by atoms with Crippen LogP contribution in [0.2, 0.25) is 0 Å². The number of nitro groups is 1. The largest absolute Gasteiger partial charge is 0.455 e. The molecule has 5 aromatic rings. The van der Waals surface area contributed by atoms with Crippen molar-refractivity contribution in [3.05, 3.63) is 112 Å². The van der Waals surface area contributed by atoms with E-state index in [2.05, 4.69) is 72.8 Å². The number of hydrogen-bond donors (Lipinski definition) is 4. The number of rotatable bonds is 14. The molecule has 2 saturated heterocycles. The summed E-state index contributed by atoms with van der Waals surface area (Å²) < 4.78 is 36.2. The Kier molecular flexibility index (Phi) is 13.4. The van der Waals surface area contributed by atoms with Crippen LogP contribution in [0.15, 0.2) is 90.1 Å². The van der Waals surface area contributed by atoms with E-state index < -0.39 is 37.0 Å². The fraction of sp³-hybridized carbons (Fsp3) is 0.519. The highest BCUT2D eigenvalue weighted by Crippen LogP contribution is 2.54. The Morgan fingerprint density at radius 3 is 2.44 bits per heavy atom. The van der Waals surface area contributed by atoms with Gasteiger partial charge in [0.25, 0.3) is 21.6 Å². The van der Waals surface area contributed by atoms with Gasteiger partial charge in [-0.1, -0.05) is 51.0 Å². The minimum atomic E-state index is -4.57. The third-order valence-corrected chi connectivity index (χ3v) is 17.9. The normalized spacial score (nSPS) is 23.7. The molecule has 1 amide bonds. The number of anilines is 2. The molecule has 16 heteroatoms. The number of benzene rings is 3. The molecule has 3 saturated carbocycles. The van der Waals surface area contributed by atoms with Gasteiger partial charge in [0.2, 0.25) is 0 Å². The molecule has 4 heterocycles. The highest BCUT2D eigenvalue weighted by Gasteiger charge is 2.50. The lowest BCUT2D eigenvalue weighted by molar-refractivity contribution is -0.384. The molecule has 3 aliphatic carbocycles. The highest BCUT2D eigenvalue weighted by molar-refractivity contribution is 7.90. The minimum absolute atomic E-state index is 0.0160. The maximum Gasteiger partial charge on any atom is 0.293 e. The summed E-state index contributed by atoms with van der Waals surface area (Å²) in [7, 11) is -4.57. The van der Waals surface area contributed by atoms with Crippen LogP contribution >= 0.6 is 0 Å². The highest BCUT2D eigenvalue weighted by atomic mass is 32.2. The summed E-state index contributed by atoms with van der Waals surface area (Å²) in [6, 6.07) is 23.3. The van der Waals surface area contributed by atoms with E-state index in [1.54, 1.807) is 30.6 Å². The number of aliphatic hydroxyl groups is 1. The van der Waals surface area contributed by atoms with E-state index in [1.807, 2.05) is 19.1 Å². The molecule has 10 rings (SSSR count). The summed E-state index contributed by atoms with van der Waals surface area (Å²) in [5, 5.41) is 26.5. The number of aromatic nitrogens is 2. The van der Waals surface area contributed by atoms with Crippen molar-refractivity contribution in [3.8, 4) is 11.5 Å². The number of nitrogens with zero attached hydrogens (tertiary/aromatic N) is 5. The van der Waals surface area contributed by atoms with Crippen LogP contribution in [-0.4, -0.2) is 101 Å². The molecule has 1 spiro atoms. The van der Waals surface area contributed by atoms with Gasteiger partial charge in [-0.05, 0) is 136 Å². The SMILES string of the molecule is CC(C)c1ccccc1C1CN(C2CCCC2)CCN1C1CC2(CCN(c3ccc(C(=O)NS(=O)(=O)c4ccc(NCC5CCC(C)(O)CC5)c([N+](=O)[O-])c4)c(Oc4cnc5[nH]ccc5c4)c3)CC2)C1. The van der Waals surface area contributed by atoms with Crippen molar-refractivity contribution in [2.45, 2.75) is 132 Å². The van der Waals surface area contributed by atoms with E-state index in [-0.39, 0.29) is 28.3 Å². The van der Waals surface area contributed by atoms with Crippen molar-refractivity contribution in [3.63, 3.8) is 0 Å². The molecule has 1 atom stereocenters. The number of hydrogen-bond acceptors (Lipinski definition) is 12. The van der Waals surface area contributed by atoms with Gasteiger partial charge in [-0.3, -0.25) is 24.7 Å². The van der Waals surface area contributed by atoms with Crippen LogP contribution in [0, 0.1) is 21.4 Å². The third-order valence-electron chi connectivity index (χ3n) is 16.5. The molecule has 0 radical (unpaired) electrons. The number of nitro benzene ring substituents is 1. The molecule has 15 nitrogen and oxygen atoms in total. The first-order chi connectivity index (χ1) is 33.6. The van der Waals surface area contributed by atoms with Crippen LogP contribution in [0.5, 0.6) is 11.5 Å². The number of fused-ring (bicyclic) bond motifs is 1. The van der Waals surface area contributed by atoms with Crippen molar-refractivity contribution in [1.29, 1.82) is 0 Å². The summed E-state index contributed by atoms with van der Waals surface area (Å²) in [4.78, 5) is 40.8. The fourth-order valence-corrected chi connectivity index (χ4v) is 13.3. The van der Waals surface area contributed by atoms with Crippen LogP contribution < -0.4 is 19.7 Å².